The Kier molecular flexibility index (Phi) is 3.42. The van der Waals surface area contributed by atoms with Gasteiger partial charge in [-0.3, -0.25) is 4.79 Å². The van der Waals surface area contributed by atoms with E-state index < -0.39 is 5.92 Å². The SMILES string of the molecule is O=C([C@H]1CCCNC1)N1CCCC(F)(F)C1. The molecule has 2 fully saturated rings. The van der Waals surface area contributed by atoms with Crippen molar-refractivity contribution in [2.75, 3.05) is 26.2 Å². The van der Waals surface area contributed by atoms with Gasteiger partial charge in [-0.2, -0.15) is 0 Å². The van der Waals surface area contributed by atoms with E-state index in [2.05, 4.69) is 5.32 Å². The van der Waals surface area contributed by atoms with Crippen molar-refractivity contribution in [3.05, 3.63) is 0 Å². The van der Waals surface area contributed by atoms with Crippen LogP contribution in [0.5, 0.6) is 0 Å². The molecule has 1 amide bonds. The van der Waals surface area contributed by atoms with Gasteiger partial charge in [0.05, 0.1) is 12.5 Å². The van der Waals surface area contributed by atoms with Crippen molar-refractivity contribution in [3.8, 4) is 0 Å². The number of nitrogens with one attached hydrogen (secondary N) is 1. The summed E-state index contributed by atoms with van der Waals surface area (Å²) in [7, 11) is 0. The van der Waals surface area contributed by atoms with Gasteiger partial charge in [0.2, 0.25) is 5.91 Å². The maximum atomic E-state index is 13.2. The third kappa shape index (κ3) is 2.70. The van der Waals surface area contributed by atoms with Crippen LogP contribution >= 0.6 is 0 Å². The van der Waals surface area contributed by atoms with Crippen molar-refractivity contribution >= 4 is 5.91 Å². The molecule has 0 aromatic rings. The van der Waals surface area contributed by atoms with E-state index in [1.54, 1.807) is 0 Å². The summed E-state index contributed by atoms with van der Waals surface area (Å²) in [6.45, 7) is 1.67. The standard InChI is InChI=1S/C11H18F2N2O/c12-11(13)4-2-6-15(8-11)10(16)9-3-1-5-14-7-9/h9,14H,1-8H2/t9-/m0/s1. The third-order valence-corrected chi connectivity index (χ3v) is 3.35. The van der Waals surface area contributed by atoms with E-state index in [1.807, 2.05) is 0 Å². The van der Waals surface area contributed by atoms with Crippen molar-refractivity contribution in [2.24, 2.45) is 5.92 Å². The Labute approximate surface area is 94.2 Å². The molecule has 2 aliphatic heterocycles. The average Bonchev–Trinajstić information content (AvgIpc) is 2.28. The van der Waals surface area contributed by atoms with Crippen molar-refractivity contribution in [3.63, 3.8) is 0 Å². The van der Waals surface area contributed by atoms with E-state index in [-0.39, 0.29) is 24.8 Å². The maximum absolute atomic E-state index is 13.2. The van der Waals surface area contributed by atoms with Gasteiger partial charge < -0.3 is 10.2 Å². The molecule has 0 spiro atoms. The number of likely N-dealkylation sites (tertiary alicyclic amines) is 1. The van der Waals surface area contributed by atoms with Crippen LogP contribution in [0.1, 0.15) is 25.7 Å². The Balaban J connectivity index is 1.93. The van der Waals surface area contributed by atoms with E-state index >= 15 is 0 Å². The van der Waals surface area contributed by atoms with Gasteiger partial charge in [-0.15, -0.1) is 0 Å². The molecule has 0 radical (unpaired) electrons. The first kappa shape index (κ1) is 11.8. The minimum absolute atomic E-state index is 0.0836. The highest BCUT2D eigenvalue weighted by Gasteiger charge is 2.38. The molecule has 0 aromatic heterocycles. The lowest BCUT2D eigenvalue weighted by atomic mass is 9.96. The molecular weight excluding hydrogens is 214 g/mol. The third-order valence-electron chi connectivity index (χ3n) is 3.35. The second-order valence-electron chi connectivity index (χ2n) is 4.76. The van der Waals surface area contributed by atoms with Gasteiger partial charge in [0.1, 0.15) is 0 Å². The zero-order chi connectivity index (χ0) is 11.6. The van der Waals surface area contributed by atoms with Gasteiger partial charge >= 0.3 is 0 Å². The monoisotopic (exact) mass is 232 g/mol. The molecule has 1 atom stereocenters. The highest BCUT2D eigenvalue weighted by molar-refractivity contribution is 5.79. The van der Waals surface area contributed by atoms with Crippen molar-refractivity contribution < 1.29 is 13.6 Å². The molecule has 0 saturated carbocycles. The highest BCUT2D eigenvalue weighted by Crippen LogP contribution is 2.28. The van der Waals surface area contributed by atoms with Gasteiger partial charge in [-0.05, 0) is 25.8 Å². The minimum atomic E-state index is -2.68. The molecule has 0 unspecified atom stereocenters. The van der Waals surface area contributed by atoms with Crippen LogP contribution in [0.4, 0.5) is 8.78 Å². The van der Waals surface area contributed by atoms with Crippen molar-refractivity contribution in [1.82, 2.24) is 10.2 Å². The molecule has 2 saturated heterocycles. The predicted molar refractivity (Wildman–Crippen MR) is 56.4 cm³/mol. The summed E-state index contributed by atoms with van der Waals surface area (Å²) in [6, 6.07) is 0. The number of alkyl halides is 2. The fourth-order valence-electron chi connectivity index (χ4n) is 2.47. The molecule has 2 heterocycles. The zero-order valence-electron chi connectivity index (χ0n) is 9.35. The summed E-state index contributed by atoms with van der Waals surface area (Å²) in [6.07, 6.45) is 2.12. The lowest BCUT2D eigenvalue weighted by molar-refractivity contribution is -0.146. The number of carbonyl (C=O) groups is 1. The first-order valence-electron chi connectivity index (χ1n) is 5.96. The second kappa shape index (κ2) is 4.65. The van der Waals surface area contributed by atoms with Gasteiger partial charge in [-0.1, -0.05) is 0 Å². The molecule has 2 rings (SSSR count). The lowest BCUT2D eigenvalue weighted by Gasteiger charge is -2.35. The first-order valence-corrected chi connectivity index (χ1v) is 5.96. The molecule has 5 heteroatoms. The largest absolute Gasteiger partial charge is 0.336 e. The summed E-state index contributed by atoms with van der Waals surface area (Å²) in [5, 5.41) is 3.14. The predicted octanol–water partition coefficient (Wildman–Crippen LogP) is 1.24. The van der Waals surface area contributed by atoms with Crippen LogP contribution in [0.15, 0.2) is 0 Å². The van der Waals surface area contributed by atoms with Crippen molar-refractivity contribution in [1.29, 1.82) is 0 Å². The highest BCUT2D eigenvalue weighted by atomic mass is 19.3. The average molecular weight is 232 g/mol. The summed E-state index contributed by atoms with van der Waals surface area (Å²) < 4.78 is 26.3. The molecular formula is C11H18F2N2O. The van der Waals surface area contributed by atoms with E-state index in [0.29, 0.717) is 19.5 Å². The quantitative estimate of drug-likeness (QED) is 0.738. The smallest absolute Gasteiger partial charge is 0.265 e. The second-order valence-corrected chi connectivity index (χ2v) is 4.76. The fraction of sp³-hybridized carbons (Fsp3) is 0.909. The topological polar surface area (TPSA) is 32.3 Å². The first-order chi connectivity index (χ1) is 7.58. The van der Waals surface area contributed by atoms with E-state index in [4.69, 9.17) is 0 Å². The summed E-state index contributed by atoms with van der Waals surface area (Å²) in [5.41, 5.74) is 0. The number of halogens is 2. The molecule has 0 bridgehead atoms. The molecule has 3 nitrogen and oxygen atoms in total. The lowest BCUT2D eigenvalue weighted by Crippen LogP contribution is -2.50. The summed E-state index contributed by atoms with van der Waals surface area (Å²) >= 11 is 0. The Hall–Kier alpha value is -0.710. The van der Waals surface area contributed by atoms with Crippen LogP contribution in [0, 0.1) is 5.92 Å². The molecule has 16 heavy (non-hydrogen) atoms. The van der Waals surface area contributed by atoms with E-state index in [1.165, 1.54) is 4.90 Å². The molecule has 92 valence electrons. The minimum Gasteiger partial charge on any atom is -0.336 e. The Morgan fingerprint density at radius 1 is 1.38 bits per heavy atom. The number of hydrogen-bond donors (Lipinski definition) is 1. The van der Waals surface area contributed by atoms with Crippen LogP contribution in [0.2, 0.25) is 0 Å². The number of rotatable bonds is 1. The van der Waals surface area contributed by atoms with Gasteiger partial charge in [0.25, 0.3) is 5.92 Å². The van der Waals surface area contributed by atoms with Crippen LogP contribution in [0.25, 0.3) is 0 Å². The normalized spacial score (nSPS) is 30.1. The maximum Gasteiger partial charge on any atom is 0.265 e. The van der Waals surface area contributed by atoms with E-state index in [0.717, 1.165) is 19.4 Å². The van der Waals surface area contributed by atoms with Gasteiger partial charge in [0, 0.05) is 19.5 Å². The number of amides is 1. The Bertz CT molecular complexity index is 265. The van der Waals surface area contributed by atoms with Crippen LogP contribution < -0.4 is 5.32 Å². The summed E-state index contributed by atoms with van der Waals surface area (Å²) in [4.78, 5) is 13.3. The Morgan fingerprint density at radius 3 is 2.81 bits per heavy atom. The van der Waals surface area contributed by atoms with Crippen LogP contribution in [-0.4, -0.2) is 42.9 Å². The Morgan fingerprint density at radius 2 is 2.19 bits per heavy atom. The van der Waals surface area contributed by atoms with Crippen molar-refractivity contribution in [2.45, 2.75) is 31.6 Å². The number of hydrogen-bond acceptors (Lipinski definition) is 2. The number of piperidine rings is 2. The molecule has 0 aromatic carbocycles. The summed E-state index contributed by atoms with van der Waals surface area (Å²) in [5.74, 6) is -2.87. The van der Waals surface area contributed by atoms with Crippen LogP contribution in [0.3, 0.4) is 0 Å². The van der Waals surface area contributed by atoms with E-state index in [9.17, 15) is 13.6 Å². The molecule has 2 aliphatic rings. The number of nitrogens with zero attached hydrogens (tertiary/aromatic N) is 1. The zero-order valence-corrected chi connectivity index (χ0v) is 9.35. The number of carbonyl (C=O) groups excluding carboxylic acids is 1. The van der Waals surface area contributed by atoms with Gasteiger partial charge in [-0.25, -0.2) is 8.78 Å². The molecule has 1 N–H and O–H groups in total. The molecule has 0 aliphatic carbocycles. The fourth-order valence-corrected chi connectivity index (χ4v) is 2.47. The van der Waals surface area contributed by atoms with Gasteiger partial charge in [0.15, 0.2) is 0 Å². The van der Waals surface area contributed by atoms with Crippen LogP contribution in [-0.2, 0) is 4.79 Å².